The van der Waals surface area contributed by atoms with E-state index in [-0.39, 0.29) is 11.9 Å². The van der Waals surface area contributed by atoms with Crippen LogP contribution < -0.4 is 10.2 Å². The largest absolute Gasteiger partial charge is 0.315 e. The number of allylic oxidation sites excluding steroid dienone is 1. The molecule has 0 aliphatic carbocycles. The summed E-state index contributed by atoms with van der Waals surface area (Å²) in [6, 6.07) is 12.9. The Morgan fingerprint density at radius 1 is 1.35 bits per heavy atom. The van der Waals surface area contributed by atoms with Gasteiger partial charge >= 0.3 is 0 Å². The summed E-state index contributed by atoms with van der Waals surface area (Å²) in [6.45, 7) is 5.82. The van der Waals surface area contributed by atoms with Gasteiger partial charge in [0.25, 0.3) is 5.91 Å². The van der Waals surface area contributed by atoms with Gasteiger partial charge in [-0.15, -0.1) is 11.3 Å². The Balaban J connectivity index is 1.92. The van der Waals surface area contributed by atoms with Crippen molar-refractivity contribution >= 4 is 22.2 Å². The molecule has 23 heavy (non-hydrogen) atoms. The minimum Gasteiger partial charge on any atom is -0.315 e. The first-order chi connectivity index (χ1) is 11.2. The quantitative estimate of drug-likeness (QED) is 0.862. The molecule has 1 aliphatic heterocycles. The molecule has 2 heterocycles. The number of aryl methyl sites for hydroxylation is 1. The summed E-state index contributed by atoms with van der Waals surface area (Å²) < 4.78 is 0. The first-order valence-corrected chi connectivity index (χ1v) is 8.84. The number of carbonyl (C=O) groups excluding carboxylic acids is 1. The van der Waals surface area contributed by atoms with Crippen LogP contribution in [0, 0.1) is 6.92 Å². The second-order valence-corrected chi connectivity index (χ2v) is 6.92. The smallest absolute Gasteiger partial charge is 0.251 e. The van der Waals surface area contributed by atoms with Crippen LogP contribution in [-0.4, -0.2) is 25.0 Å². The molecule has 120 valence electrons. The third-order valence-corrected chi connectivity index (χ3v) is 5.21. The molecule has 1 atom stereocenters. The Morgan fingerprint density at radius 2 is 2.22 bits per heavy atom. The number of carbonyl (C=O) groups is 1. The van der Waals surface area contributed by atoms with Crippen LogP contribution in [0.5, 0.6) is 0 Å². The predicted molar refractivity (Wildman–Crippen MR) is 98.1 cm³/mol. The van der Waals surface area contributed by atoms with Crippen LogP contribution in [0.2, 0.25) is 0 Å². The maximum Gasteiger partial charge on any atom is 0.251 e. The van der Waals surface area contributed by atoms with Gasteiger partial charge in [-0.25, -0.2) is 0 Å². The minimum absolute atomic E-state index is 0.0684. The first-order valence-electron chi connectivity index (χ1n) is 8.02. The molecule has 0 saturated carbocycles. The van der Waals surface area contributed by atoms with E-state index in [9.17, 15) is 4.79 Å². The van der Waals surface area contributed by atoms with E-state index in [0.29, 0.717) is 0 Å². The molecule has 4 heteroatoms. The second-order valence-electron chi connectivity index (χ2n) is 5.86. The van der Waals surface area contributed by atoms with Crippen molar-refractivity contribution in [3.63, 3.8) is 0 Å². The van der Waals surface area contributed by atoms with Crippen molar-refractivity contribution < 1.29 is 4.79 Å². The third kappa shape index (κ3) is 3.54. The van der Waals surface area contributed by atoms with E-state index in [0.717, 1.165) is 24.5 Å². The van der Waals surface area contributed by atoms with Crippen LogP contribution in [-0.2, 0) is 4.79 Å². The van der Waals surface area contributed by atoms with Gasteiger partial charge in [0.05, 0.1) is 11.0 Å². The topological polar surface area (TPSA) is 32.3 Å². The molecule has 3 nitrogen and oxygen atoms in total. The normalized spacial score (nSPS) is 17.7. The number of hydrogen-bond donors (Lipinski definition) is 1. The maximum atomic E-state index is 12.5. The fourth-order valence-corrected chi connectivity index (χ4v) is 4.04. The van der Waals surface area contributed by atoms with Gasteiger partial charge in [-0.1, -0.05) is 35.9 Å². The number of benzene rings is 1. The number of hydrogen-bond acceptors (Lipinski definition) is 3. The van der Waals surface area contributed by atoms with Crippen molar-refractivity contribution in [2.45, 2.75) is 26.3 Å². The van der Waals surface area contributed by atoms with E-state index < -0.39 is 0 Å². The fourth-order valence-electron chi connectivity index (χ4n) is 2.96. The van der Waals surface area contributed by atoms with Crippen molar-refractivity contribution in [2.75, 3.05) is 18.0 Å². The summed E-state index contributed by atoms with van der Waals surface area (Å²) in [7, 11) is 0. The van der Waals surface area contributed by atoms with E-state index >= 15 is 0 Å². The molecule has 1 aromatic heterocycles. The zero-order chi connectivity index (χ0) is 16.2. The molecule has 1 aliphatic rings. The van der Waals surface area contributed by atoms with E-state index in [2.05, 4.69) is 48.6 Å². The highest BCUT2D eigenvalue weighted by Crippen LogP contribution is 2.35. The van der Waals surface area contributed by atoms with Crippen molar-refractivity contribution in [3.8, 4) is 10.4 Å². The van der Waals surface area contributed by atoms with Gasteiger partial charge < -0.3 is 5.32 Å². The molecule has 1 amide bonds. The van der Waals surface area contributed by atoms with Crippen LogP contribution in [0.1, 0.15) is 18.9 Å². The van der Waals surface area contributed by atoms with Crippen LogP contribution in [0.3, 0.4) is 0 Å². The van der Waals surface area contributed by atoms with Gasteiger partial charge in [-0.05, 0) is 50.6 Å². The highest BCUT2D eigenvalue weighted by molar-refractivity contribution is 7.19. The predicted octanol–water partition coefficient (Wildman–Crippen LogP) is 3.99. The number of nitrogens with one attached hydrogen (secondary N) is 1. The van der Waals surface area contributed by atoms with Crippen molar-refractivity contribution in [1.29, 1.82) is 0 Å². The number of thiophene rings is 1. The molecule has 1 unspecified atom stereocenters. The standard InChI is InChI=1S/C19H22N2OS/c1-3-5-18(22)21(16-10-11-20-13-16)19-9-8-17(23-19)15-7-4-6-14(2)12-15/h3-9,12,16,20H,10-11,13H2,1-2H3. The van der Waals surface area contributed by atoms with E-state index in [4.69, 9.17) is 0 Å². The molecule has 0 bridgehead atoms. The Morgan fingerprint density at radius 3 is 2.91 bits per heavy atom. The lowest BCUT2D eigenvalue weighted by Gasteiger charge is -2.26. The molecule has 1 fully saturated rings. The molecule has 1 N–H and O–H groups in total. The highest BCUT2D eigenvalue weighted by Gasteiger charge is 2.27. The number of rotatable bonds is 4. The molecular formula is C19H22N2OS. The summed E-state index contributed by atoms with van der Waals surface area (Å²) in [5, 5.41) is 4.38. The maximum absolute atomic E-state index is 12.5. The van der Waals surface area contributed by atoms with Gasteiger partial charge in [0.15, 0.2) is 0 Å². The van der Waals surface area contributed by atoms with E-state index in [1.54, 1.807) is 17.4 Å². The monoisotopic (exact) mass is 326 g/mol. The minimum atomic E-state index is 0.0684. The van der Waals surface area contributed by atoms with E-state index in [1.165, 1.54) is 16.0 Å². The molecule has 0 radical (unpaired) electrons. The Labute approximate surface area is 141 Å². The lowest BCUT2D eigenvalue weighted by Crippen LogP contribution is -2.40. The van der Waals surface area contributed by atoms with Crippen molar-refractivity contribution in [2.24, 2.45) is 0 Å². The molecular weight excluding hydrogens is 304 g/mol. The Bertz CT molecular complexity index is 714. The average molecular weight is 326 g/mol. The van der Waals surface area contributed by atoms with Crippen LogP contribution in [0.4, 0.5) is 5.00 Å². The second kappa shape index (κ2) is 7.11. The highest BCUT2D eigenvalue weighted by atomic mass is 32.1. The Kier molecular flexibility index (Phi) is 4.94. The van der Waals surface area contributed by atoms with Gasteiger partial charge in [0.1, 0.15) is 0 Å². The first kappa shape index (κ1) is 16.0. The SMILES string of the molecule is CC=CC(=O)N(c1ccc(-c2cccc(C)c2)s1)C1CCNC1. The molecule has 1 saturated heterocycles. The van der Waals surface area contributed by atoms with Crippen molar-refractivity contribution in [1.82, 2.24) is 5.32 Å². The summed E-state index contributed by atoms with van der Waals surface area (Å²) in [5.41, 5.74) is 2.46. The summed E-state index contributed by atoms with van der Waals surface area (Å²) in [5.74, 6) is 0.0684. The zero-order valence-electron chi connectivity index (χ0n) is 13.6. The lowest BCUT2D eigenvalue weighted by molar-refractivity contribution is -0.114. The number of anilines is 1. The zero-order valence-corrected chi connectivity index (χ0v) is 14.4. The van der Waals surface area contributed by atoms with Gasteiger partial charge in [-0.3, -0.25) is 9.69 Å². The van der Waals surface area contributed by atoms with Crippen LogP contribution in [0.25, 0.3) is 10.4 Å². The molecule has 2 aromatic rings. The summed E-state index contributed by atoms with van der Waals surface area (Å²) >= 11 is 1.69. The fraction of sp³-hybridized carbons (Fsp3) is 0.316. The number of amides is 1. The summed E-state index contributed by atoms with van der Waals surface area (Å²) in [4.78, 5) is 15.7. The van der Waals surface area contributed by atoms with E-state index in [1.807, 2.05) is 17.9 Å². The lowest BCUT2D eigenvalue weighted by atomic mass is 10.1. The van der Waals surface area contributed by atoms with Crippen molar-refractivity contribution in [3.05, 3.63) is 54.1 Å². The molecule has 1 aromatic carbocycles. The van der Waals surface area contributed by atoms with Crippen LogP contribution in [0.15, 0.2) is 48.6 Å². The average Bonchev–Trinajstić information content (AvgIpc) is 3.20. The molecule has 0 spiro atoms. The Hall–Kier alpha value is -1.91. The van der Waals surface area contributed by atoms with Crippen LogP contribution >= 0.6 is 11.3 Å². The third-order valence-electron chi connectivity index (χ3n) is 4.08. The van der Waals surface area contributed by atoms with Gasteiger partial charge in [-0.2, -0.15) is 0 Å². The van der Waals surface area contributed by atoms with Gasteiger partial charge in [0, 0.05) is 11.4 Å². The summed E-state index contributed by atoms with van der Waals surface area (Å²) in [6.07, 6.45) is 4.47. The van der Waals surface area contributed by atoms with Gasteiger partial charge in [0.2, 0.25) is 0 Å². The molecule has 3 rings (SSSR count). The number of nitrogens with zero attached hydrogens (tertiary/aromatic N) is 1.